The van der Waals surface area contributed by atoms with Crippen LogP contribution in [0.4, 0.5) is 4.79 Å². The van der Waals surface area contributed by atoms with Crippen LogP contribution in [0.25, 0.3) is 0 Å². The Labute approximate surface area is 131 Å². The second kappa shape index (κ2) is 5.14. The van der Waals surface area contributed by atoms with Crippen LogP contribution in [0.5, 0.6) is 0 Å². The van der Waals surface area contributed by atoms with E-state index in [2.05, 4.69) is 5.32 Å². The third-order valence-electron chi connectivity index (χ3n) is 5.77. The third-order valence-corrected chi connectivity index (χ3v) is 5.77. The van der Waals surface area contributed by atoms with Crippen molar-refractivity contribution in [3.63, 3.8) is 0 Å². The maximum Gasteiger partial charge on any atom is 0.408 e. The molecule has 0 unspecified atom stereocenters. The Morgan fingerprint density at radius 1 is 1.09 bits per heavy atom. The van der Waals surface area contributed by atoms with Crippen LogP contribution in [-0.2, 0) is 9.53 Å². The standard InChI is InChI=1S/C17H27NO4/c1-16(2,3)22-15(21)18-17(9-14(19)20)12-5-10-4-11(7-12)8-13(17)6-10/h10-13H,4-9H2,1-3H3,(H,18,21)(H,19,20). The maximum atomic E-state index is 12.3. The molecule has 4 fully saturated rings. The first kappa shape index (κ1) is 15.6. The summed E-state index contributed by atoms with van der Waals surface area (Å²) in [6.45, 7) is 5.48. The van der Waals surface area contributed by atoms with Crippen molar-refractivity contribution in [2.45, 2.75) is 70.4 Å². The molecule has 124 valence electrons. The predicted molar refractivity (Wildman–Crippen MR) is 81.4 cm³/mol. The monoisotopic (exact) mass is 309 g/mol. The normalized spacial score (nSPS) is 39.6. The molecule has 22 heavy (non-hydrogen) atoms. The minimum atomic E-state index is -0.830. The van der Waals surface area contributed by atoms with E-state index in [-0.39, 0.29) is 18.3 Å². The Bertz CT molecular complexity index is 452. The third kappa shape index (κ3) is 2.82. The number of nitrogens with one attached hydrogen (secondary N) is 1. The Morgan fingerprint density at radius 2 is 1.59 bits per heavy atom. The molecule has 4 saturated carbocycles. The van der Waals surface area contributed by atoms with Crippen LogP contribution in [0.15, 0.2) is 0 Å². The van der Waals surface area contributed by atoms with Gasteiger partial charge in [0.15, 0.2) is 0 Å². The van der Waals surface area contributed by atoms with E-state index in [0.717, 1.165) is 37.5 Å². The van der Waals surface area contributed by atoms with Crippen LogP contribution in [0.1, 0.15) is 59.3 Å². The van der Waals surface area contributed by atoms with Crippen LogP contribution >= 0.6 is 0 Å². The lowest BCUT2D eigenvalue weighted by atomic mass is 9.48. The van der Waals surface area contributed by atoms with Gasteiger partial charge in [0, 0.05) is 0 Å². The Hall–Kier alpha value is -1.26. The first-order chi connectivity index (χ1) is 10.2. The number of hydrogen-bond acceptors (Lipinski definition) is 3. The lowest BCUT2D eigenvalue weighted by Gasteiger charge is -2.60. The maximum absolute atomic E-state index is 12.3. The molecule has 0 aromatic heterocycles. The summed E-state index contributed by atoms with van der Waals surface area (Å²) in [6, 6.07) is 0. The molecule has 0 aromatic carbocycles. The molecule has 4 aliphatic rings. The summed E-state index contributed by atoms with van der Waals surface area (Å²) in [5.41, 5.74) is -1.18. The SMILES string of the molecule is CC(C)(C)OC(=O)NC1(CC(=O)O)C2CC3CC(C2)CC1C3. The van der Waals surface area contributed by atoms with Crippen LogP contribution in [0.2, 0.25) is 0 Å². The molecule has 5 nitrogen and oxygen atoms in total. The van der Waals surface area contributed by atoms with Crippen molar-refractivity contribution >= 4 is 12.1 Å². The zero-order chi connectivity index (χ0) is 16.1. The summed E-state index contributed by atoms with van der Waals surface area (Å²) >= 11 is 0. The lowest BCUT2D eigenvalue weighted by Crippen LogP contribution is -2.67. The number of rotatable bonds is 3. The number of amides is 1. The number of aliphatic carboxylic acids is 1. The summed E-state index contributed by atoms with van der Waals surface area (Å²) in [7, 11) is 0. The van der Waals surface area contributed by atoms with Gasteiger partial charge in [-0.3, -0.25) is 4.79 Å². The van der Waals surface area contributed by atoms with Gasteiger partial charge < -0.3 is 15.2 Å². The average molecular weight is 309 g/mol. The summed E-state index contributed by atoms with van der Waals surface area (Å²) in [5, 5.41) is 12.4. The van der Waals surface area contributed by atoms with Crippen molar-refractivity contribution < 1.29 is 19.4 Å². The number of carboxylic acids is 1. The molecule has 0 aromatic rings. The molecule has 4 bridgehead atoms. The van der Waals surface area contributed by atoms with Gasteiger partial charge >= 0.3 is 12.1 Å². The van der Waals surface area contributed by atoms with Gasteiger partial charge in [0.05, 0.1) is 12.0 Å². The van der Waals surface area contributed by atoms with Crippen LogP contribution in [0.3, 0.4) is 0 Å². The Kier molecular flexibility index (Phi) is 3.65. The number of ether oxygens (including phenoxy) is 1. The van der Waals surface area contributed by atoms with Gasteiger partial charge in [-0.05, 0) is 76.5 Å². The van der Waals surface area contributed by atoms with Crippen molar-refractivity contribution in [3.05, 3.63) is 0 Å². The number of carbonyl (C=O) groups excluding carboxylic acids is 1. The predicted octanol–water partition coefficient (Wildman–Crippen LogP) is 3.18. The van der Waals surface area contributed by atoms with E-state index in [1.165, 1.54) is 6.42 Å². The van der Waals surface area contributed by atoms with Gasteiger partial charge in [-0.1, -0.05) is 0 Å². The van der Waals surface area contributed by atoms with E-state index in [9.17, 15) is 14.7 Å². The zero-order valence-electron chi connectivity index (χ0n) is 13.7. The van der Waals surface area contributed by atoms with E-state index in [1.807, 2.05) is 20.8 Å². The van der Waals surface area contributed by atoms with E-state index >= 15 is 0 Å². The summed E-state index contributed by atoms with van der Waals surface area (Å²) in [5.74, 6) is 1.19. The van der Waals surface area contributed by atoms with Crippen molar-refractivity contribution in [1.82, 2.24) is 5.32 Å². The largest absolute Gasteiger partial charge is 0.481 e. The first-order valence-electron chi connectivity index (χ1n) is 8.41. The molecule has 0 atom stereocenters. The van der Waals surface area contributed by atoms with Crippen LogP contribution in [0, 0.1) is 23.7 Å². The fourth-order valence-corrected chi connectivity index (χ4v) is 5.31. The van der Waals surface area contributed by atoms with Crippen molar-refractivity contribution in [1.29, 1.82) is 0 Å². The lowest BCUT2D eigenvalue weighted by molar-refractivity contribution is -0.145. The van der Waals surface area contributed by atoms with Crippen LogP contribution < -0.4 is 5.32 Å². The molecule has 4 aliphatic carbocycles. The second-order valence-corrected chi connectivity index (χ2v) is 8.54. The zero-order valence-corrected chi connectivity index (χ0v) is 13.7. The number of alkyl carbamates (subject to hydrolysis) is 1. The average Bonchev–Trinajstić information content (AvgIpc) is 2.31. The summed E-state index contributed by atoms with van der Waals surface area (Å²) in [4.78, 5) is 23.8. The highest BCUT2D eigenvalue weighted by Crippen LogP contribution is 2.59. The molecular formula is C17H27NO4. The molecule has 4 rings (SSSR count). The number of carbonyl (C=O) groups is 2. The number of carboxylic acid groups (broad SMARTS) is 1. The minimum absolute atomic E-state index is 0.0149. The van der Waals surface area contributed by atoms with Gasteiger partial charge in [0.1, 0.15) is 5.60 Å². The van der Waals surface area contributed by atoms with E-state index in [4.69, 9.17) is 4.74 Å². The molecule has 0 aliphatic heterocycles. The molecule has 1 amide bonds. The molecule has 0 saturated heterocycles. The highest BCUT2D eigenvalue weighted by atomic mass is 16.6. The van der Waals surface area contributed by atoms with Gasteiger partial charge in [-0.25, -0.2) is 4.79 Å². The van der Waals surface area contributed by atoms with Gasteiger partial charge in [-0.2, -0.15) is 0 Å². The summed E-state index contributed by atoms with van der Waals surface area (Å²) < 4.78 is 5.41. The Balaban J connectivity index is 1.83. The second-order valence-electron chi connectivity index (χ2n) is 8.54. The fraction of sp³-hybridized carbons (Fsp3) is 0.882. The highest BCUT2D eigenvalue weighted by Gasteiger charge is 2.58. The fourth-order valence-electron chi connectivity index (χ4n) is 5.31. The van der Waals surface area contributed by atoms with Crippen molar-refractivity contribution in [2.24, 2.45) is 23.7 Å². The molecular weight excluding hydrogens is 282 g/mol. The van der Waals surface area contributed by atoms with E-state index in [0.29, 0.717) is 0 Å². The van der Waals surface area contributed by atoms with Crippen molar-refractivity contribution in [2.75, 3.05) is 0 Å². The minimum Gasteiger partial charge on any atom is -0.481 e. The van der Waals surface area contributed by atoms with E-state index < -0.39 is 23.2 Å². The molecule has 0 heterocycles. The summed E-state index contributed by atoms with van der Waals surface area (Å²) in [6.07, 6.45) is 5.04. The highest BCUT2D eigenvalue weighted by molar-refractivity contribution is 5.73. The van der Waals surface area contributed by atoms with Gasteiger partial charge in [-0.15, -0.1) is 0 Å². The van der Waals surface area contributed by atoms with Gasteiger partial charge in [0.2, 0.25) is 0 Å². The molecule has 0 spiro atoms. The molecule has 2 N–H and O–H groups in total. The van der Waals surface area contributed by atoms with Crippen molar-refractivity contribution in [3.8, 4) is 0 Å². The Morgan fingerprint density at radius 3 is 2.00 bits per heavy atom. The first-order valence-corrected chi connectivity index (χ1v) is 8.41. The van der Waals surface area contributed by atoms with E-state index in [1.54, 1.807) is 0 Å². The smallest absolute Gasteiger partial charge is 0.408 e. The van der Waals surface area contributed by atoms with Gasteiger partial charge in [0.25, 0.3) is 0 Å². The van der Waals surface area contributed by atoms with Crippen LogP contribution in [-0.4, -0.2) is 28.3 Å². The molecule has 5 heteroatoms. The molecule has 0 radical (unpaired) electrons. The topological polar surface area (TPSA) is 75.6 Å². The quantitative estimate of drug-likeness (QED) is 0.839. The number of hydrogen-bond donors (Lipinski definition) is 2.